The maximum atomic E-state index is 4.38. The molecular formula is C12H21BrN4. The second kappa shape index (κ2) is 5.96. The predicted octanol–water partition coefficient (Wildman–Crippen LogP) is 2.29. The average molecular weight is 301 g/mol. The molecule has 0 saturated carbocycles. The molecule has 0 aliphatic carbocycles. The smallest absolute Gasteiger partial charge is 0.141 e. The average Bonchev–Trinajstić information content (AvgIpc) is 2.68. The van der Waals surface area contributed by atoms with E-state index in [4.69, 9.17) is 0 Å². The van der Waals surface area contributed by atoms with Gasteiger partial charge in [-0.25, -0.2) is 9.67 Å². The topological polar surface area (TPSA) is 34.0 Å². The molecule has 4 nitrogen and oxygen atoms in total. The molecule has 1 aliphatic heterocycles. The Balaban J connectivity index is 1.92. The Labute approximate surface area is 112 Å². The van der Waals surface area contributed by atoms with E-state index in [1.165, 1.54) is 12.8 Å². The SMILES string of the molecule is CC(C)Cn1ncnc1CN1CCC(Br)CC1. The van der Waals surface area contributed by atoms with Crippen molar-refractivity contribution in [2.24, 2.45) is 5.92 Å². The van der Waals surface area contributed by atoms with Crippen molar-refractivity contribution in [3.05, 3.63) is 12.2 Å². The molecule has 2 rings (SSSR count). The fraction of sp³-hybridized carbons (Fsp3) is 0.833. The van der Waals surface area contributed by atoms with E-state index in [9.17, 15) is 0 Å². The molecule has 2 heterocycles. The quantitative estimate of drug-likeness (QED) is 0.800. The fourth-order valence-electron chi connectivity index (χ4n) is 2.17. The van der Waals surface area contributed by atoms with Gasteiger partial charge in [-0.05, 0) is 31.8 Å². The van der Waals surface area contributed by atoms with Gasteiger partial charge in [-0.15, -0.1) is 0 Å². The Morgan fingerprint density at radius 1 is 1.41 bits per heavy atom. The Morgan fingerprint density at radius 2 is 2.12 bits per heavy atom. The van der Waals surface area contributed by atoms with Crippen molar-refractivity contribution >= 4 is 15.9 Å². The van der Waals surface area contributed by atoms with Crippen molar-refractivity contribution in [3.8, 4) is 0 Å². The van der Waals surface area contributed by atoms with Gasteiger partial charge < -0.3 is 0 Å². The monoisotopic (exact) mass is 300 g/mol. The highest BCUT2D eigenvalue weighted by atomic mass is 79.9. The molecule has 0 amide bonds. The molecule has 0 spiro atoms. The molecule has 1 saturated heterocycles. The summed E-state index contributed by atoms with van der Waals surface area (Å²) in [5, 5.41) is 4.31. The maximum Gasteiger partial charge on any atom is 0.141 e. The van der Waals surface area contributed by atoms with Crippen LogP contribution in [0.1, 0.15) is 32.5 Å². The third-order valence-corrected chi connectivity index (χ3v) is 4.03. The molecule has 1 aliphatic rings. The minimum Gasteiger partial charge on any atom is -0.296 e. The highest BCUT2D eigenvalue weighted by molar-refractivity contribution is 9.09. The van der Waals surface area contributed by atoms with E-state index in [1.807, 2.05) is 4.68 Å². The van der Waals surface area contributed by atoms with Gasteiger partial charge in [0.15, 0.2) is 0 Å². The zero-order chi connectivity index (χ0) is 12.3. The van der Waals surface area contributed by atoms with Crippen molar-refractivity contribution in [3.63, 3.8) is 0 Å². The van der Waals surface area contributed by atoms with Crippen LogP contribution in [0.15, 0.2) is 6.33 Å². The third kappa shape index (κ3) is 3.78. The van der Waals surface area contributed by atoms with Crippen molar-refractivity contribution < 1.29 is 0 Å². The summed E-state index contributed by atoms with van der Waals surface area (Å²) in [5.41, 5.74) is 0. The largest absolute Gasteiger partial charge is 0.296 e. The number of halogens is 1. The van der Waals surface area contributed by atoms with Crippen LogP contribution in [0.2, 0.25) is 0 Å². The van der Waals surface area contributed by atoms with Gasteiger partial charge in [0, 0.05) is 11.4 Å². The van der Waals surface area contributed by atoms with Crippen LogP contribution in [0.25, 0.3) is 0 Å². The van der Waals surface area contributed by atoms with Crippen LogP contribution >= 0.6 is 15.9 Å². The summed E-state index contributed by atoms with van der Waals surface area (Å²) in [5.74, 6) is 1.72. The molecule has 0 bridgehead atoms. The number of piperidine rings is 1. The zero-order valence-corrected chi connectivity index (χ0v) is 12.2. The number of rotatable bonds is 4. The molecule has 5 heteroatoms. The number of nitrogens with zero attached hydrogens (tertiary/aromatic N) is 4. The minimum absolute atomic E-state index is 0.615. The van der Waals surface area contributed by atoms with Crippen LogP contribution in [-0.2, 0) is 13.1 Å². The second-order valence-electron chi connectivity index (χ2n) is 5.20. The maximum absolute atomic E-state index is 4.38. The summed E-state index contributed by atoms with van der Waals surface area (Å²) in [7, 11) is 0. The molecule has 1 fully saturated rings. The molecule has 1 aromatic rings. The molecule has 96 valence electrons. The fourth-order valence-corrected chi connectivity index (χ4v) is 2.58. The highest BCUT2D eigenvalue weighted by Gasteiger charge is 2.18. The lowest BCUT2D eigenvalue weighted by atomic mass is 10.1. The summed E-state index contributed by atoms with van der Waals surface area (Å²) in [6.07, 6.45) is 4.14. The lowest BCUT2D eigenvalue weighted by molar-refractivity contribution is 0.216. The summed E-state index contributed by atoms with van der Waals surface area (Å²) in [6.45, 7) is 8.63. The van der Waals surface area contributed by atoms with E-state index in [0.717, 1.165) is 32.0 Å². The lowest BCUT2D eigenvalue weighted by Crippen LogP contribution is -2.34. The normalized spacial score (nSPS) is 19.1. The molecule has 0 aromatic carbocycles. The Morgan fingerprint density at radius 3 is 2.76 bits per heavy atom. The highest BCUT2D eigenvalue weighted by Crippen LogP contribution is 2.18. The summed E-state index contributed by atoms with van der Waals surface area (Å²) in [4.78, 5) is 7.55. The molecule has 0 atom stereocenters. The Hall–Kier alpha value is -0.420. The molecule has 0 N–H and O–H groups in total. The van der Waals surface area contributed by atoms with E-state index < -0.39 is 0 Å². The Bertz CT molecular complexity index is 342. The molecule has 17 heavy (non-hydrogen) atoms. The third-order valence-electron chi connectivity index (χ3n) is 3.12. The summed E-state index contributed by atoms with van der Waals surface area (Å²) >= 11 is 3.68. The van der Waals surface area contributed by atoms with Crippen molar-refractivity contribution in [2.75, 3.05) is 13.1 Å². The summed E-state index contributed by atoms with van der Waals surface area (Å²) in [6, 6.07) is 0. The van der Waals surface area contributed by atoms with E-state index in [2.05, 4.69) is 44.8 Å². The minimum atomic E-state index is 0.615. The van der Waals surface area contributed by atoms with Crippen LogP contribution < -0.4 is 0 Å². The first kappa shape index (κ1) is 13.0. The number of alkyl halides is 1. The second-order valence-corrected chi connectivity index (χ2v) is 6.50. The first-order chi connectivity index (χ1) is 8.15. The molecule has 0 radical (unpaired) electrons. The van der Waals surface area contributed by atoms with Crippen molar-refractivity contribution in [1.29, 1.82) is 0 Å². The predicted molar refractivity (Wildman–Crippen MR) is 72.1 cm³/mol. The first-order valence-electron chi connectivity index (χ1n) is 6.38. The van der Waals surface area contributed by atoms with Gasteiger partial charge in [0.05, 0.1) is 6.54 Å². The van der Waals surface area contributed by atoms with E-state index in [1.54, 1.807) is 6.33 Å². The van der Waals surface area contributed by atoms with Gasteiger partial charge in [-0.1, -0.05) is 29.8 Å². The van der Waals surface area contributed by atoms with Crippen LogP contribution in [0.4, 0.5) is 0 Å². The van der Waals surface area contributed by atoms with E-state index in [0.29, 0.717) is 10.7 Å². The van der Waals surface area contributed by atoms with Crippen molar-refractivity contribution in [2.45, 2.75) is 44.6 Å². The number of hydrogen-bond acceptors (Lipinski definition) is 3. The van der Waals surface area contributed by atoms with E-state index in [-0.39, 0.29) is 0 Å². The van der Waals surface area contributed by atoms with Gasteiger partial charge in [0.1, 0.15) is 12.2 Å². The molecule has 0 unspecified atom stereocenters. The van der Waals surface area contributed by atoms with Crippen LogP contribution in [-0.4, -0.2) is 37.6 Å². The van der Waals surface area contributed by atoms with Crippen LogP contribution in [0, 0.1) is 5.92 Å². The molecule has 1 aromatic heterocycles. The first-order valence-corrected chi connectivity index (χ1v) is 7.30. The molecular weight excluding hydrogens is 280 g/mol. The van der Waals surface area contributed by atoms with Gasteiger partial charge in [-0.2, -0.15) is 5.10 Å². The Kier molecular flexibility index (Phi) is 4.56. The van der Waals surface area contributed by atoms with Crippen LogP contribution in [0.3, 0.4) is 0 Å². The standard InChI is InChI=1S/C12H21BrN4/c1-10(2)7-17-12(14-9-15-17)8-16-5-3-11(13)4-6-16/h9-11H,3-8H2,1-2H3. The van der Waals surface area contributed by atoms with E-state index >= 15 is 0 Å². The van der Waals surface area contributed by atoms with Gasteiger partial charge in [-0.3, -0.25) is 4.90 Å². The number of likely N-dealkylation sites (tertiary alicyclic amines) is 1. The number of aromatic nitrogens is 3. The van der Waals surface area contributed by atoms with Gasteiger partial charge in [0.2, 0.25) is 0 Å². The van der Waals surface area contributed by atoms with Gasteiger partial charge in [0.25, 0.3) is 0 Å². The lowest BCUT2D eigenvalue weighted by Gasteiger charge is -2.28. The zero-order valence-electron chi connectivity index (χ0n) is 10.6. The van der Waals surface area contributed by atoms with Crippen LogP contribution in [0.5, 0.6) is 0 Å². The summed E-state index contributed by atoms with van der Waals surface area (Å²) < 4.78 is 2.05. The van der Waals surface area contributed by atoms with Gasteiger partial charge >= 0.3 is 0 Å². The van der Waals surface area contributed by atoms with Crippen molar-refractivity contribution in [1.82, 2.24) is 19.7 Å². The number of hydrogen-bond donors (Lipinski definition) is 0.